The van der Waals surface area contributed by atoms with Crippen molar-refractivity contribution in [2.24, 2.45) is 0 Å². The molecular formula is C4H10O5S. The Labute approximate surface area is 59.9 Å². The van der Waals surface area contributed by atoms with Gasteiger partial charge in [0.1, 0.15) is 0 Å². The highest BCUT2D eigenvalue weighted by Crippen LogP contribution is 1.65. The third-order valence-corrected chi connectivity index (χ3v) is 0.285. The first-order chi connectivity index (χ1) is 4.41. The number of ether oxygens (including phenoxy) is 1. The lowest BCUT2D eigenvalue weighted by atomic mass is 10.9. The Bertz CT molecular complexity index is 150. The molecule has 6 heteroatoms. The van der Waals surface area contributed by atoms with Gasteiger partial charge in [-0.05, 0) is 6.92 Å². The van der Waals surface area contributed by atoms with Crippen LogP contribution in [-0.2, 0) is 15.1 Å². The van der Waals surface area contributed by atoms with E-state index in [1.54, 1.807) is 0 Å². The molecule has 0 aliphatic carbocycles. The van der Waals surface area contributed by atoms with E-state index < -0.39 is 10.4 Å². The van der Waals surface area contributed by atoms with Crippen molar-refractivity contribution >= 4 is 10.4 Å². The Kier molecular flexibility index (Phi) is 7.91. The SMILES string of the molecule is C=COCC.O=S(=O)(O)O. The molecule has 0 atom stereocenters. The monoisotopic (exact) mass is 170 g/mol. The fraction of sp³-hybridized carbons (Fsp3) is 0.500. The van der Waals surface area contributed by atoms with Gasteiger partial charge < -0.3 is 4.74 Å². The highest BCUT2D eigenvalue weighted by Gasteiger charge is 1.84. The van der Waals surface area contributed by atoms with Crippen LogP contribution >= 0.6 is 0 Å². The van der Waals surface area contributed by atoms with Gasteiger partial charge in [0.05, 0.1) is 12.9 Å². The van der Waals surface area contributed by atoms with Crippen LogP contribution in [0.2, 0.25) is 0 Å². The van der Waals surface area contributed by atoms with E-state index in [4.69, 9.17) is 17.5 Å². The van der Waals surface area contributed by atoms with Gasteiger partial charge in [0, 0.05) is 0 Å². The molecule has 0 fully saturated rings. The molecule has 0 unspecified atom stereocenters. The van der Waals surface area contributed by atoms with E-state index in [-0.39, 0.29) is 0 Å². The maximum atomic E-state index is 8.74. The van der Waals surface area contributed by atoms with Crippen LogP contribution in [0, 0.1) is 0 Å². The Balaban J connectivity index is 0. The highest BCUT2D eigenvalue weighted by molar-refractivity contribution is 7.79. The quantitative estimate of drug-likeness (QED) is 0.466. The minimum absolute atomic E-state index is 0.726. The molecule has 0 radical (unpaired) electrons. The molecule has 0 bridgehead atoms. The number of hydrogen-bond acceptors (Lipinski definition) is 3. The third-order valence-electron chi connectivity index (χ3n) is 0.285. The zero-order valence-corrected chi connectivity index (χ0v) is 6.34. The standard InChI is InChI=1S/C4H8O.H2O4S/c1-3-5-4-2;1-5(2,3)4/h3H,1,4H2,2H3;(H2,1,2,3,4). The van der Waals surface area contributed by atoms with E-state index in [1.165, 1.54) is 6.26 Å². The second-order valence-electron chi connectivity index (χ2n) is 1.07. The Hall–Kier alpha value is -0.590. The molecule has 2 N–H and O–H groups in total. The predicted octanol–water partition coefficient (Wildman–Crippen LogP) is 0.514. The molecule has 0 rings (SSSR count). The highest BCUT2D eigenvalue weighted by atomic mass is 32.3. The van der Waals surface area contributed by atoms with Gasteiger partial charge >= 0.3 is 10.4 Å². The fourth-order valence-corrected chi connectivity index (χ4v) is 0.118. The van der Waals surface area contributed by atoms with E-state index in [0.717, 1.165) is 6.61 Å². The van der Waals surface area contributed by atoms with Crippen LogP contribution in [0.5, 0.6) is 0 Å². The second-order valence-corrected chi connectivity index (χ2v) is 1.97. The van der Waals surface area contributed by atoms with Gasteiger partial charge in [-0.2, -0.15) is 8.42 Å². The summed E-state index contributed by atoms with van der Waals surface area (Å²) in [5, 5.41) is 0. The third kappa shape index (κ3) is 153. The van der Waals surface area contributed by atoms with Crippen LogP contribution in [-0.4, -0.2) is 24.1 Å². The summed E-state index contributed by atoms with van der Waals surface area (Å²) in [5.41, 5.74) is 0. The summed E-state index contributed by atoms with van der Waals surface area (Å²) >= 11 is 0. The molecule has 0 aromatic heterocycles. The van der Waals surface area contributed by atoms with Crippen LogP contribution < -0.4 is 0 Å². The topological polar surface area (TPSA) is 83.8 Å². The molecule has 10 heavy (non-hydrogen) atoms. The lowest BCUT2D eigenvalue weighted by molar-refractivity contribution is 0.270. The second kappa shape index (κ2) is 6.53. The van der Waals surface area contributed by atoms with E-state index >= 15 is 0 Å². The number of hydrogen-bond donors (Lipinski definition) is 2. The Morgan fingerprint density at radius 1 is 1.60 bits per heavy atom. The van der Waals surface area contributed by atoms with Gasteiger partial charge in [-0.25, -0.2) is 0 Å². The molecule has 0 spiro atoms. The predicted molar refractivity (Wildman–Crippen MR) is 36.0 cm³/mol. The summed E-state index contributed by atoms with van der Waals surface area (Å²) < 4.78 is 36.2. The van der Waals surface area contributed by atoms with Crippen molar-refractivity contribution in [2.75, 3.05) is 6.61 Å². The molecule has 0 aromatic carbocycles. The summed E-state index contributed by atoms with van der Waals surface area (Å²) in [7, 11) is -4.67. The van der Waals surface area contributed by atoms with E-state index in [1.807, 2.05) is 6.92 Å². The summed E-state index contributed by atoms with van der Waals surface area (Å²) in [6, 6.07) is 0. The molecule has 0 heterocycles. The van der Waals surface area contributed by atoms with Gasteiger partial charge in [-0.3, -0.25) is 9.11 Å². The normalized spacial score (nSPS) is 9.10. The summed E-state index contributed by atoms with van der Waals surface area (Å²) in [4.78, 5) is 0. The lowest BCUT2D eigenvalue weighted by Gasteiger charge is -1.84. The molecule has 62 valence electrons. The van der Waals surface area contributed by atoms with Gasteiger partial charge in [0.15, 0.2) is 0 Å². The van der Waals surface area contributed by atoms with Crippen LogP contribution in [0.4, 0.5) is 0 Å². The smallest absolute Gasteiger partial charge is 0.394 e. The first-order valence-electron chi connectivity index (χ1n) is 2.34. The maximum Gasteiger partial charge on any atom is 0.394 e. The van der Waals surface area contributed by atoms with Crippen LogP contribution in [0.15, 0.2) is 12.8 Å². The van der Waals surface area contributed by atoms with Crippen LogP contribution in [0.3, 0.4) is 0 Å². The van der Waals surface area contributed by atoms with Crippen molar-refractivity contribution in [1.29, 1.82) is 0 Å². The molecule has 0 saturated heterocycles. The molecule has 5 nitrogen and oxygen atoms in total. The zero-order chi connectivity index (χ0) is 8.62. The molecule has 0 aliphatic rings. The van der Waals surface area contributed by atoms with E-state index in [0.29, 0.717) is 0 Å². The average molecular weight is 170 g/mol. The minimum Gasteiger partial charge on any atom is -0.502 e. The van der Waals surface area contributed by atoms with Crippen molar-refractivity contribution in [3.63, 3.8) is 0 Å². The largest absolute Gasteiger partial charge is 0.502 e. The van der Waals surface area contributed by atoms with Gasteiger partial charge in [-0.15, -0.1) is 0 Å². The average Bonchev–Trinajstić information content (AvgIpc) is 1.63. The van der Waals surface area contributed by atoms with E-state index in [2.05, 4.69) is 11.3 Å². The van der Waals surface area contributed by atoms with Gasteiger partial charge in [0.25, 0.3) is 0 Å². The summed E-state index contributed by atoms with van der Waals surface area (Å²) in [6.07, 6.45) is 1.43. The van der Waals surface area contributed by atoms with Crippen molar-refractivity contribution in [2.45, 2.75) is 6.92 Å². The van der Waals surface area contributed by atoms with Gasteiger partial charge in [0.2, 0.25) is 0 Å². The molecular weight excluding hydrogens is 160 g/mol. The first-order valence-corrected chi connectivity index (χ1v) is 3.74. The van der Waals surface area contributed by atoms with Gasteiger partial charge in [-0.1, -0.05) is 6.58 Å². The fourth-order valence-electron chi connectivity index (χ4n) is 0.118. The van der Waals surface area contributed by atoms with Crippen molar-refractivity contribution in [1.82, 2.24) is 0 Å². The molecule has 0 amide bonds. The van der Waals surface area contributed by atoms with Crippen LogP contribution in [0.1, 0.15) is 6.92 Å². The minimum atomic E-state index is -4.67. The van der Waals surface area contributed by atoms with Crippen molar-refractivity contribution in [3.05, 3.63) is 12.8 Å². The molecule has 0 aliphatic heterocycles. The first kappa shape index (κ1) is 12.1. The Morgan fingerprint density at radius 2 is 1.90 bits per heavy atom. The van der Waals surface area contributed by atoms with E-state index in [9.17, 15) is 0 Å². The van der Waals surface area contributed by atoms with Crippen LogP contribution in [0.25, 0.3) is 0 Å². The zero-order valence-electron chi connectivity index (χ0n) is 5.52. The molecule has 0 aromatic rings. The van der Waals surface area contributed by atoms with Crippen molar-refractivity contribution in [3.8, 4) is 0 Å². The maximum absolute atomic E-state index is 8.74. The summed E-state index contributed by atoms with van der Waals surface area (Å²) in [6.45, 7) is 5.97. The number of rotatable bonds is 2. The summed E-state index contributed by atoms with van der Waals surface area (Å²) in [5.74, 6) is 0. The van der Waals surface area contributed by atoms with Crippen molar-refractivity contribution < 1.29 is 22.3 Å². The Morgan fingerprint density at radius 3 is 1.90 bits per heavy atom. The lowest BCUT2D eigenvalue weighted by Crippen LogP contribution is -1.89. The molecule has 0 saturated carbocycles.